The Morgan fingerprint density at radius 3 is 2.35 bits per heavy atom. The monoisotopic (exact) mass is 299 g/mol. The summed E-state index contributed by atoms with van der Waals surface area (Å²) in [6.07, 6.45) is 0.998. The lowest BCUT2D eigenvalue weighted by molar-refractivity contribution is 0.636. The van der Waals surface area contributed by atoms with Crippen LogP contribution >= 0.6 is 0 Å². The second-order valence-corrected chi connectivity index (χ2v) is 5.24. The van der Waals surface area contributed by atoms with Crippen LogP contribution in [0.5, 0.6) is 0 Å². The van der Waals surface area contributed by atoms with Gasteiger partial charge in [-0.15, -0.1) is 0 Å². The van der Waals surface area contributed by atoms with Crippen LogP contribution < -0.4 is 0 Å². The summed E-state index contributed by atoms with van der Waals surface area (Å²) >= 11 is 0. The zero-order valence-electron chi connectivity index (χ0n) is 12.7. The van der Waals surface area contributed by atoms with Gasteiger partial charge in [0.2, 0.25) is 0 Å². The molecule has 0 saturated carbocycles. The van der Waals surface area contributed by atoms with Crippen LogP contribution in [-0.2, 0) is 6.42 Å². The second kappa shape index (κ2) is 6.34. The lowest BCUT2D eigenvalue weighted by atomic mass is 10.0. The minimum Gasteiger partial charge on any atom is -0.205 e. The molecule has 0 unspecified atom stereocenters. The van der Waals surface area contributed by atoms with Crippen molar-refractivity contribution >= 4 is 10.8 Å². The molecule has 0 spiro atoms. The Morgan fingerprint density at radius 2 is 1.65 bits per heavy atom. The standard InChI is InChI=1S/C21H14FN/c1-2-15-6-8-16(9-7-15)10-11-17-4-3-5-20-19(17)13-12-18(14-23)21(20)22/h3-9,12-13H,2H2,1H3. The third kappa shape index (κ3) is 2.93. The van der Waals surface area contributed by atoms with E-state index in [0.29, 0.717) is 5.39 Å². The second-order valence-electron chi connectivity index (χ2n) is 5.24. The maximum atomic E-state index is 14.2. The molecule has 0 bridgehead atoms. The fourth-order valence-corrected chi connectivity index (χ4v) is 2.48. The van der Waals surface area contributed by atoms with E-state index in [2.05, 4.69) is 30.9 Å². The molecule has 2 heteroatoms. The molecule has 1 nitrogen and oxygen atoms in total. The molecular weight excluding hydrogens is 285 g/mol. The predicted octanol–water partition coefficient (Wildman–Crippen LogP) is 4.81. The Balaban J connectivity index is 2.06. The highest BCUT2D eigenvalue weighted by Gasteiger charge is 2.08. The Morgan fingerprint density at radius 1 is 0.870 bits per heavy atom. The summed E-state index contributed by atoms with van der Waals surface area (Å²) < 4.78 is 14.2. The summed E-state index contributed by atoms with van der Waals surface area (Å²) in [5.74, 6) is 5.74. The molecule has 0 amide bonds. The molecule has 110 valence electrons. The van der Waals surface area contributed by atoms with Gasteiger partial charge in [0.15, 0.2) is 0 Å². The van der Waals surface area contributed by atoms with E-state index in [1.54, 1.807) is 18.2 Å². The zero-order valence-corrected chi connectivity index (χ0v) is 12.7. The molecule has 3 aromatic carbocycles. The van der Waals surface area contributed by atoms with Crippen LogP contribution in [0.25, 0.3) is 10.8 Å². The van der Waals surface area contributed by atoms with E-state index in [0.717, 1.165) is 22.9 Å². The van der Waals surface area contributed by atoms with Crippen molar-refractivity contribution < 1.29 is 4.39 Å². The third-order valence-corrected chi connectivity index (χ3v) is 3.82. The third-order valence-electron chi connectivity index (χ3n) is 3.82. The van der Waals surface area contributed by atoms with Gasteiger partial charge in [0.1, 0.15) is 11.9 Å². The average molecular weight is 299 g/mol. The summed E-state index contributed by atoms with van der Waals surface area (Å²) in [7, 11) is 0. The lowest BCUT2D eigenvalue weighted by Crippen LogP contribution is -1.88. The van der Waals surface area contributed by atoms with Gasteiger partial charge in [0, 0.05) is 21.9 Å². The molecule has 0 heterocycles. The first-order chi connectivity index (χ1) is 11.2. The van der Waals surface area contributed by atoms with Gasteiger partial charge >= 0.3 is 0 Å². The summed E-state index contributed by atoms with van der Waals surface area (Å²) in [6, 6.07) is 18.5. The smallest absolute Gasteiger partial charge is 0.148 e. The van der Waals surface area contributed by atoms with Crippen LogP contribution in [0.15, 0.2) is 54.6 Å². The van der Waals surface area contributed by atoms with Crippen LogP contribution in [0.1, 0.15) is 29.2 Å². The van der Waals surface area contributed by atoms with E-state index in [1.165, 1.54) is 11.6 Å². The van der Waals surface area contributed by atoms with Gasteiger partial charge in [-0.25, -0.2) is 4.39 Å². The highest BCUT2D eigenvalue weighted by molar-refractivity contribution is 5.89. The lowest BCUT2D eigenvalue weighted by Gasteiger charge is -2.03. The number of hydrogen-bond donors (Lipinski definition) is 0. The van der Waals surface area contributed by atoms with Crippen molar-refractivity contribution in [3.05, 3.63) is 82.7 Å². The van der Waals surface area contributed by atoms with Gasteiger partial charge in [0.25, 0.3) is 0 Å². The van der Waals surface area contributed by atoms with E-state index < -0.39 is 5.82 Å². The zero-order chi connectivity index (χ0) is 16.2. The molecule has 23 heavy (non-hydrogen) atoms. The van der Waals surface area contributed by atoms with Crippen LogP contribution in [0.4, 0.5) is 4.39 Å². The molecule has 3 aromatic rings. The highest BCUT2D eigenvalue weighted by atomic mass is 19.1. The molecule has 0 aliphatic rings. The minimum atomic E-state index is -0.485. The minimum absolute atomic E-state index is 0.0535. The van der Waals surface area contributed by atoms with Crippen molar-refractivity contribution in [2.24, 2.45) is 0 Å². The number of fused-ring (bicyclic) bond motifs is 1. The number of benzene rings is 3. The van der Waals surface area contributed by atoms with Crippen molar-refractivity contribution in [1.82, 2.24) is 0 Å². The molecule has 0 atom stereocenters. The van der Waals surface area contributed by atoms with Gasteiger partial charge in [-0.3, -0.25) is 0 Å². The van der Waals surface area contributed by atoms with E-state index in [4.69, 9.17) is 5.26 Å². The number of aryl methyl sites for hydroxylation is 1. The molecule has 0 aromatic heterocycles. The van der Waals surface area contributed by atoms with Crippen molar-refractivity contribution in [1.29, 1.82) is 5.26 Å². The molecule has 0 aliphatic carbocycles. The topological polar surface area (TPSA) is 23.8 Å². The van der Waals surface area contributed by atoms with E-state index in [9.17, 15) is 4.39 Å². The molecule has 0 aliphatic heterocycles. The van der Waals surface area contributed by atoms with Crippen LogP contribution in [0, 0.1) is 29.0 Å². The van der Waals surface area contributed by atoms with Crippen molar-refractivity contribution in [2.75, 3.05) is 0 Å². The summed E-state index contributed by atoms with van der Waals surface area (Å²) in [4.78, 5) is 0. The fraction of sp³-hybridized carbons (Fsp3) is 0.0952. The quantitative estimate of drug-likeness (QED) is 0.591. The molecule has 0 N–H and O–H groups in total. The summed E-state index contributed by atoms with van der Waals surface area (Å²) in [6.45, 7) is 2.11. The number of nitriles is 1. The molecule has 3 rings (SSSR count). The maximum Gasteiger partial charge on any atom is 0.148 e. The van der Waals surface area contributed by atoms with Crippen molar-refractivity contribution in [3.63, 3.8) is 0 Å². The van der Waals surface area contributed by atoms with Crippen LogP contribution in [-0.4, -0.2) is 0 Å². The number of rotatable bonds is 1. The van der Waals surface area contributed by atoms with Crippen molar-refractivity contribution in [2.45, 2.75) is 13.3 Å². The van der Waals surface area contributed by atoms with Gasteiger partial charge in [-0.1, -0.05) is 49.1 Å². The van der Waals surface area contributed by atoms with Gasteiger partial charge in [-0.2, -0.15) is 5.26 Å². The Bertz CT molecular complexity index is 967. The summed E-state index contributed by atoms with van der Waals surface area (Å²) in [5.41, 5.74) is 3.00. The number of hydrogen-bond acceptors (Lipinski definition) is 1. The molecule has 0 radical (unpaired) electrons. The van der Waals surface area contributed by atoms with Gasteiger partial charge in [-0.05, 0) is 36.2 Å². The van der Waals surface area contributed by atoms with E-state index in [-0.39, 0.29) is 5.56 Å². The van der Waals surface area contributed by atoms with Gasteiger partial charge in [0.05, 0.1) is 5.56 Å². The first kappa shape index (κ1) is 14.8. The van der Waals surface area contributed by atoms with Crippen LogP contribution in [0.3, 0.4) is 0 Å². The van der Waals surface area contributed by atoms with E-state index >= 15 is 0 Å². The van der Waals surface area contributed by atoms with Gasteiger partial charge < -0.3 is 0 Å². The van der Waals surface area contributed by atoms with E-state index in [1.807, 2.05) is 24.3 Å². The predicted molar refractivity (Wildman–Crippen MR) is 90.4 cm³/mol. The summed E-state index contributed by atoms with van der Waals surface area (Å²) in [5, 5.41) is 10.1. The first-order valence-corrected chi connectivity index (χ1v) is 7.45. The normalized spacial score (nSPS) is 9.96. The first-order valence-electron chi connectivity index (χ1n) is 7.45. The Hall–Kier alpha value is -3.10. The molecule has 0 fully saturated rings. The largest absolute Gasteiger partial charge is 0.205 e. The fourth-order valence-electron chi connectivity index (χ4n) is 2.48. The highest BCUT2D eigenvalue weighted by Crippen LogP contribution is 2.23. The molecule has 0 saturated heterocycles. The average Bonchev–Trinajstić information content (AvgIpc) is 2.61. The number of nitrogens with zero attached hydrogens (tertiary/aromatic N) is 1. The maximum absolute atomic E-state index is 14.2. The Labute approximate surface area is 135 Å². The van der Waals surface area contributed by atoms with Crippen LogP contribution in [0.2, 0.25) is 0 Å². The van der Waals surface area contributed by atoms with Crippen molar-refractivity contribution in [3.8, 4) is 17.9 Å². The Kier molecular flexibility index (Phi) is 4.09. The SMILES string of the molecule is CCc1ccc(C#Cc2cccc3c(F)c(C#N)ccc23)cc1. The molecular formula is C21H14FN. The number of halogens is 1.